The number of halogens is 6. The van der Waals surface area contributed by atoms with Gasteiger partial charge in [-0.3, -0.25) is 4.90 Å². The van der Waals surface area contributed by atoms with Crippen molar-refractivity contribution >= 4 is 34.1 Å². The van der Waals surface area contributed by atoms with E-state index in [2.05, 4.69) is 15.0 Å². The molecule has 1 aromatic carbocycles. The van der Waals surface area contributed by atoms with E-state index in [1.807, 2.05) is 4.90 Å². The lowest BCUT2D eigenvalue weighted by molar-refractivity contribution is -0.137. The molecular weight excluding hydrogens is 611 g/mol. The van der Waals surface area contributed by atoms with E-state index in [1.54, 1.807) is 11.9 Å². The number of aliphatic hydroxyl groups is 1. The first-order chi connectivity index (χ1) is 20.7. The fourth-order valence-corrected chi connectivity index (χ4v) is 7.68. The first-order valence-electron chi connectivity index (χ1n) is 14.4. The van der Waals surface area contributed by atoms with Crippen LogP contribution in [0.2, 0.25) is 5.02 Å². The molecule has 236 valence electrons. The summed E-state index contributed by atoms with van der Waals surface area (Å²) in [5.74, 6) is -1.48. The summed E-state index contributed by atoms with van der Waals surface area (Å²) in [4.78, 5) is 16.5. The van der Waals surface area contributed by atoms with Gasteiger partial charge in [0, 0.05) is 20.0 Å². The van der Waals surface area contributed by atoms with Crippen LogP contribution in [0, 0.1) is 12.7 Å². The van der Waals surface area contributed by atoms with Gasteiger partial charge in [0.1, 0.15) is 29.9 Å². The third-order valence-electron chi connectivity index (χ3n) is 9.55. The van der Waals surface area contributed by atoms with Crippen LogP contribution in [-0.2, 0) is 6.18 Å². The molecule has 3 aromatic rings. The lowest BCUT2D eigenvalue weighted by Gasteiger charge is -2.47. The lowest BCUT2D eigenvalue weighted by atomic mass is 9.76. The predicted molar refractivity (Wildman–Crippen MR) is 152 cm³/mol. The molecule has 5 heterocycles. The minimum absolute atomic E-state index is 0.0154. The zero-order valence-electron chi connectivity index (χ0n) is 23.9. The van der Waals surface area contributed by atoms with Crippen molar-refractivity contribution in [2.45, 2.75) is 68.6 Å². The van der Waals surface area contributed by atoms with Gasteiger partial charge >= 0.3 is 12.2 Å². The Hall–Kier alpha value is -3.23. The zero-order valence-corrected chi connectivity index (χ0v) is 24.7. The molecule has 4 atom stereocenters. The molecule has 1 saturated carbocycles. The average Bonchev–Trinajstić information content (AvgIpc) is 3.41. The topological polar surface area (TPSA) is 110 Å². The highest BCUT2D eigenvalue weighted by Gasteiger charge is 2.53. The molecule has 0 radical (unpaired) electrons. The number of alkyl halides is 4. The SMILES string of the molecule is Cc1cc(N)nc(-c2c(Cl)c3c4c(nc(OC[C@@]56CCCN5C[C@H](F)C6)nc4c2F)N(C)CC2(CCC2O)O3)c1C(F)(F)F. The van der Waals surface area contributed by atoms with E-state index in [1.165, 1.54) is 6.92 Å². The van der Waals surface area contributed by atoms with Crippen LogP contribution in [0.5, 0.6) is 11.8 Å². The van der Waals surface area contributed by atoms with Gasteiger partial charge in [-0.1, -0.05) is 11.6 Å². The summed E-state index contributed by atoms with van der Waals surface area (Å²) in [5.41, 5.74) is 0.708. The number of nitrogen functional groups attached to an aromatic ring is 1. The quantitative estimate of drug-likeness (QED) is 0.378. The lowest BCUT2D eigenvalue weighted by Crippen LogP contribution is -2.61. The predicted octanol–water partition coefficient (Wildman–Crippen LogP) is 5.07. The highest BCUT2D eigenvalue weighted by Crippen LogP contribution is 2.53. The Morgan fingerprint density at radius 2 is 2.02 bits per heavy atom. The molecule has 44 heavy (non-hydrogen) atoms. The number of benzene rings is 1. The van der Waals surface area contributed by atoms with Gasteiger partial charge in [-0.2, -0.15) is 23.1 Å². The number of hydrogen-bond donors (Lipinski definition) is 2. The van der Waals surface area contributed by atoms with Gasteiger partial charge in [0.2, 0.25) is 0 Å². The Morgan fingerprint density at radius 3 is 2.70 bits per heavy atom. The smallest absolute Gasteiger partial charge is 0.418 e. The Bertz CT molecular complexity index is 1690. The molecule has 7 rings (SSSR count). The molecule has 3 fully saturated rings. The van der Waals surface area contributed by atoms with Crippen molar-refractivity contribution in [3.8, 4) is 23.0 Å². The van der Waals surface area contributed by atoms with E-state index in [0.717, 1.165) is 19.0 Å². The number of hydrogen-bond acceptors (Lipinski definition) is 9. The molecule has 0 amide bonds. The van der Waals surface area contributed by atoms with Gasteiger partial charge in [0.15, 0.2) is 17.2 Å². The molecule has 4 aliphatic rings. The number of aryl methyl sites for hydroxylation is 1. The summed E-state index contributed by atoms with van der Waals surface area (Å²) in [5, 5.41) is 10.3. The van der Waals surface area contributed by atoms with Gasteiger partial charge < -0.3 is 25.2 Å². The first-order valence-corrected chi connectivity index (χ1v) is 14.8. The Labute approximate surface area is 254 Å². The molecule has 2 unspecified atom stereocenters. The maximum absolute atomic E-state index is 16.7. The molecular formula is C29H30ClF5N6O3. The number of anilines is 2. The van der Waals surface area contributed by atoms with E-state index in [0.29, 0.717) is 25.8 Å². The number of fused-ring (bicyclic) bond motifs is 1. The van der Waals surface area contributed by atoms with E-state index in [4.69, 9.17) is 26.8 Å². The standard InChI is InChI=1S/C29H30ClF5N6O3/c1-13-8-16(36)37-22(19(13)29(33,34)35)17-20(30)24-18-23(21(17)32)38-26(43-12-27-5-3-7-41(27)10-14(31)9-27)39-25(18)40(2)11-28(44-24)6-4-15(28)42/h8,14-15,42H,3-7,9-12H2,1-2H3,(H2,36,37)/t14-,15?,27+,28?/m1/s1. The van der Waals surface area contributed by atoms with Crippen molar-refractivity contribution in [3.05, 3.63) is 28.0 Å². The van der Waals surface area contributed by atoms with Gasteiger partial charge in [-0.25, -0.2) is 13.8 Å². The largest absolute Gasteiger partial charge is 0.480 e. The van der Waals surface area contributed by atoms with Gasteiger partial charge in [-0.15, -0.1) is 0 Å². The third-order valence-corrected chi connectivity index (χ3v) is 9.91. The van der Waals surface area contributed by atoms with Gasteiger partial charge in [-0.05, 0) is 50.8 Å². The number of nitrogens with two attached hydrogens (primary N) is 1. The minimum Gasteiger partial charge on any atom is -0.480 e. The second kappa shape index (κ2) is 9.88. The van der Waals surface area contributed by atoms with Crippen LogP contribution in [0.1, 0.15) is 43.2 Å². The summed E-state index contributed by atoms with van der Waals surface area (Å²) >= 11 is 6.76. The second-order valence-corrected chi connectivity index (χ2v) is 12.8. The molecule has 0 bridgehead atoms. The van der Waals surface area contributed by atoms with Crippen molar-refractivity contribution < 1.29 is 36.5 Å². The number of aliphatic hydroxyl groups excluding tert-OH is 1. The van der Waals surface area contributed by atoms with Crippen molar-refractivity contribution in [1.29, 1.82) is 0 Å². The van der Waals surface area contributed by atoms with Crippen molar-refractivity contribution in [2.75, 3.05) is 43.9 Å². The zero-order chi connectivity index (χ0) is 31.3. The normalized spacial score (nSPS) is 28.2. The van der Waals surface area contributed by atoms with E-state index in [9.17, 15) is 22.7 Å². The van der Waals surface area contributed by atoms with E-state index in [-0.39, 0.29) is 53.9 Å². The van der Waals surface area contributed by atoms with Crippen LogP contribution in [0.4, 0.5) is 33.6 Å². The van der Waals surface area contributed by atoms with E-state index < -0.39 is 62.8 Å². The maximum Gasteiger partial charge on any atom is 0.418 e. The molecule has 9 nitrogen and oxygen atoms in total. The highest BCUT2D eigenvalue weighted by molar-refractivity contribution is 6.36. The molecule has 3 aliphatic heterocycles. The van der Waals surface area contributed by atoms with Crippen molar-refractivity contribution in [3.63, 3.8) is 0 Å². The molecule has 1 aliphatic carbocycles. The molecule has 3 N–H and O–H groups in total. The van der Waals surface area contributed by atoms with Crippen molar-refractivity contribution in [1.82, 2.24) is 19.9 Å². The number of ether oxygens (including phenoxy) is 2. The first kappa shape index (κ1) is 29.5. The Balaban J connectivity index is 1.45. The number of nitrogens with zero attached hydrogens (tertiary/aromatic N) is 5. The molecule has 2 aromatic heterocycles. The average molecular weight is 641 g/mol. The number of aromatic nitrogens is 3. The number of rotatable bonds is 4. The fraction of sp³-hybridized carbons (Fsp3) is 0.552. The number of likely N-dealkylation sites (N-methyl/N-ethyl adjacent to an activating group) is 1. The highest BCUT2D eigenvalue weighted by atomic mass is 35.5. The summed E-state index contributed by atoms with van der Waals surface area (Å²) < 4.78 is 86.6. The maximum atomic E-state index is 16.7. The van der Waals surface area contributed by atoms with Crippen LogP contribution in [0.15, 0.2) is 6.07 Å². The molecule has 2 saturated heterocycles. The van der Waals surface area contributed by atoms with Crippen LogP contribution in [0.25, 0.3) is 22.2 Å². The van der Waals surface area contributed by atoms with Gasteiger partial charge in [0.25, 0.3) is 0 Å². The summed E-state index contributed by atoms with van der Waals surface area (Å²) in [7, 11) is 1.67. The second-order valence-electron chi connectivity index (χ2n) is 12.4. The monoisotopic (exact) mass is 640 g/mol. The Morgan fingerprint density at radius 1 is 1.25 bits per heavy atom. The van der Waals surface area contributed by atoms with Crippen LogP contribution >= 0.6 is 11.6 Å². The summed E-state index contributed by atoms with van der Waals surface area (Å²) in [6.07, 6.45) is -4.18. The van der Waals surface area contributed by atoms with Crippen LogP contribution < -0.4 is 20.1 Å². The fourth-order valence-electron chi connectivity index (χ4n) is 7.37. The number of pyridine rings is 1. The van der Waals surface area contributed by atoms with Crippen LogP contribution in [-0.4, -0.2) is 81.7 Å². The minimum atomic E-state index is -4.93. The third kappa shape index (κ3) is 4.35. The van der Waals surface area contributed by atoms with Gasteiger partial charge in [0.05, 0.1) is 45.4 Å². The van der Waals surface area contributed by atoms with Crippen molar-refractivity contribution in [2.24, 2.45) is 0 Å². The van der Waals surface area contributed by atoms with Crippen LogP contribution in [0.3, 0.4) is 0 Å². The molecule has 15 heteroatoms. The Kier molecular flexibility index (Phi) is 6.62. The summed E-state index contributed by atoms with van der Waals surface area (Å²) in [6.45, 7) is 2.38. The summed E-state index contributed by atoms with van der Waals surface area (Å²) in [6, 6.07) is 0.807. The molecule has 1 spiro atoms. The van der Waals surface area contributed by atoms with E-state index >= 15 is 4.39 Å².